The van der Waals surface area contributed by atoms with Crippen LogP contribution in [0.15, 0.2) is 48.5 Å². The number of rotatable bonds is 4. The van der Waals surface area contributed by atoms with E-state index in [-0.39, 0.29) is 17.7 Å². The van der Waals surface area contributed by atoms with Gasteiger partial charge in [0, 0.05) is 47.9 Å². The minimum Gasteiger partial charge on any atom is -0.338 e. The summed E-state index contributed by atoms with van der Waals surface area (Å²) in [4.78, 5) is 27.6. The van der Waals surface area contributed by atoms with Crippen LogP contribution in [0.5, 0.6) is 0 Å². The summed E-state index contributed by atoms with van der Waals surface area (Å²) in [6.07, 6.45) is 6.06. The standard InChI is InChI=1S/C26H28ClN5O2/c27-21-11-7-19(8-12-21)26(34)31-15-4-5-20(17-31)25(33)28-22-13-9-18(10-14-22)24-30-29-23-6-2-1-3-16-32(23)24/h7-14,20H,1-6,15-17H2,(H,28,33)/t20-/m0/s1. The van der Waals surface area contributed by atoms with E-state index in [4.69, 9.17) is 11.6 Å². The molecular formula is C26H28ClN5O2. The first-order valence-corrected chi connectivity index (χ1v) is 12.3. The van der Waals surface area contributed by atoms with Crippen LogP contribution in [0.2, 0.25) is 5.02 Å². The first-order chi connectivity index (χ1) is 16.6. The monoisotopic (exact) mass is 477 g/mol. The van der Waals surface area contributed by atoms with Crippen LogP contribution in [0.4, 0.5) is 5.69 Å². The van der Waals surface area contributed by atoms with Gasteiger partial charge in [0.1, 0.15) is 5.82 Å². The Hall–Kier alpha value is -3.19. The topological polar surface area (TPSA) is 80.1 Å². The summed E-state index contributed by atoms with van der Waals surface area (Å²) in [6.45, 7) is 2.02. The minimum atomic E-state index is -0.239. The van der Waals surface area contributed by atoms with E-state index in [2.05, 4.69) is 20.1 Å². The number of fused-ring (bicyclic) bond motifs is 1. The van der Waals surface area contributed by atoms with Crippen LogP contribution in [0.3, 0.4) is 0 Å². The first-order valence-electron chi connectivity index (χ1n) is 12.0. The lowest BCUT2D eigenvalue weighted by Gasteiger charge is -2.32. The molecule has 1 atom stereocenters. The number of piperidine rings is 1. The van der Waals surface area contributed by atoms with Gasteiger partial charge < -0.3 is 14.8 Å². The highest BCUT2D eigenvalue weighted by Crippen LogP contribution is 2.25. The highest BCUT2D eigenvalue weighted by atomic mass is 35.5. The van der Waals surface area contributed by atoms with Crippen LogP contribution in [0, 0.1) is 5.92 Å². The maximum absolute atomic E-state index is 13.0. The van der Waals surface area contributed by atoms with Gasteiger partial charge in [0.25, 0.3) is 5.91 Å². The van der Waals surface area contributed by atoms with Gasteiger partial charge >= 0.3 is 0 Å². The van der Waals surface area contributed by atoms with Gasteiger partial charge in [-0.2, -0.15) is 0 Å². The summed E-state index contributed by atoms with van der Waals surface area (Å²) in [5.74, 6) is 1.58. The molecule has 7 nitrogen and oxygen atoms in total. The van der Waals surface area contributed by atoms with Crippen LogP contribution in [0.1, 0.15) is 48.3 Å². The zero-order valence-electron chi connectivity index (χ0n) is 19.0. The molecule has 2 aromatic carbocycles. The fourth-order valence-corrected chi connectivity index (χ4v) is 4.92. The lowest BCUT2D eigenvalue weighted by molar-refractivity contribution is -0.121. The SMILES string of the molecule is O=C(Nc1ccc(-c2nnc3n2CCCCC3)cc1)[C@H]1CCCN(C(=O)c2ccc(Cl)cc2)C1. The third-order valence-electron chi connectivity index (χ3n) is 6.69. The highest BCUT2D eigenvalue weighted by Gasteiger charge is 2.29. The van der Waals surface area contributed by atoms with Gasteiger partial charge in [0.15, 0.2) is 5.82 Å². The Bertz CT molecular complexity index is 1170. The number of carbonyl (C=O) groups excluding carboxylic acids is 2. The van der Waals surface area contributed by atoms with Crippen molar-refractivity contribution in [3.63, 3.8) is 0 Å². The van der Waals surface area contributed by atoms with Gasteiger partial charge in [-0.3, -0.25) is 9.59 Å². The number of benzene rings is 2. The van der Waals surface area contributed by atoms with Crippen molar-refractivity contribution in [3.05, 3.63) is 64.9 Å². The Kier molecular flexibility index (Phi) is 6.63. The number of aryl methyl sites for hydroxylation is 1. The zero-order chi connectivity index (χ0) is 23.5. The minimum absolute atomic E-state index is 0.0577. The van der Waals surface area contributed by atoms with E-state index >= 15 is 0 Å². The second kappa shape index (κ2) is 9.97. The van der Waals surface area contributed by atoms with Crippen molar-refractivity contribution in [2.24, 2.45) is 5.92 Å². The number of nitrogens with zero attached hydrogens (tertiary/aromatic N) is 4. The van der Waals surface area contributed by atoms with E-state index in [1.165, 1.54) is 6.42 Å². The fraction of sp³-hybridized carbons (Fsp3) is 0.385. The van der Waals surface area contributed by atoms with Crippen molar-refractivity contribution in [2.45, 2.75) is 45.1 Å². The predicted molar refractivity (Wildman–Crippen MR) is 132 cm³/mol. The Morgan fingerprint density at radius 2 is 1.71 bits per heavy atom. The van der Waals surface area contributed by atoms with Gasteiger partial charge in [0.2, 0.25) is 5.91 Å². The first kappa shape index (κ1) is 22.6. The molecule has 2 amide bonds. The van der Waals surface area contributed by atoms with E-state index in [0.29, 0.717) is 23.7 Å². The molecule has 5 rings (SSSR count). The van der Waals surface area contributed by atoms with E-state index in [1.54, 1.807) is 29.2 Å². The lowest BCUT2D eigenvalue weighted by atomic mass is 9.96. The number of hydrogen-bond acceptors (Lipinski definition) is 4. The predicted octanol–water partition coefficient (Wildman–Crippen LogP) is 4.82. The second-order valence-electron chi connectivity index (χ2n) is 9.07. The number of amides is 2. The molecule has 8 heteroatoms. The van der Waals surface area contributed by atoms with Crippen molar-refractivity contribution in [1.82, 2.24) is 19.7 Å². The van der Waals surface area contributed by atoms with Gasteiger partial charge in [-0.05, 0) is 74.2 Å². The maximum atomic E-state index is 13.0. The number of carbonyl (C=O) groups is 2. The number of aromatic nitrogens is 3. The molecule has 1 N–H and O–H groups in total. The van der Waals surface area contributed by atoms with Crippen molar-refractivity contribution in [1.29, 1.82) is 0 Å². The molecule has 0 radical (unpaired) electrons. The van der Waals surface area contributed by atoms with Gasteiger partial charge in [-0.25, -0.2) is 0 Å². The number of hydrogen-bond donors (Lipinski definition) is 1. The smallest absolute Gasteiger partial charge is 0.253 e. The Labute approximate surface area is 204 Å². The molecule has 2 aliphatic heterocycles. The summed E-state index contributed by atoms with van der Waals surface area (Å²) in [6, 6.07) is 14.7. The van der Waals surface area contributed by atoms with E-state index in [0.717, 1.165) is 61.5 Å². The molecule has 3 heterocycles. The maximum Gasteiger partial charge on any atom is 0.253 e. The molecule has 0 saturated carbocycles. The van der Waals surface area contributed by atoms with Crippen LogP contribution < -0.4 is 5.32 Å². The molecular weight excluding hydrogens is 450 g/mol. The molecule has 2 aliphatic rings. The Morgan fingerprint density at radius 1 is 0.912 bits per heavy atom. The number of halogens is 1. The summed E-state index contributed by atoms with van der Waals surface area (Å²) in [5.41, 5.74) is 2.33. The molecule has 34 heavy (non-hydrogen) atoms. The largest absolute Gasteiger partial charge is 0.338 e. The number of nitrogens with one attached hydrogen (secondary N) is 1. The summed E-state index contributed by atoms with van der Waals surface area (Å²) in [5, 5.41) is 12.4. The Morgan fingerprint density at radius 3 is 2.50 bits per heavy atom. The van der Waals surface area contributed by atoms with Crippen LogP contribution in [-0.4, -0.2) is 44.6 Å². The van der Waals surface area contributed by atoms with E-state index in [1.807, 2.05) is 24.3 Å². The molecule has 1 saturated heterocycles. The molecule has 3 aromatic rings. The van der Waals surface area contributed by atoms with E-state index < -0.39 is 0 Å². The average molecular weight is 478 g/mol. The van der Waals surface area contributed by atoms with Gasteiger partial charge in [-0.1, -0.05) is 18.0 Å². The average Bonchev–Trinajstić information content (AvgIpc) is 3.12. The number of likely N-dealkylation sites (tertiary alicyclic amines) is 1. The van der Waals surface area contributed by atoms with Gasteiger partial charge in [-0.15, -0.1) is 10.2 Å². The summed E-state index contributed by atoms with van der Waals surface area (Å²) >= 11 is 5.93. The Balaban J connectivity index is 1.22. The molecule has 1 fully saturated rings. The van der Waals surface area contributed by atoms with Gasteiger partial charge in [0.05, 0.1) is 5.92 Å². The number of anilines is 1. The molecule has 1 aromatic heterocycles. The van der Waals surface area contributed by atoms with Crippen LogP contribution in [0.25, 0.3) is 11.4 Å². The second-order valence-corrected chi connectivity index (χ2v) is 9.50. The molecule has 0 bridgehead atoms. The van der Waals surface area contributed by atoms with Crippen molar-refractivity contribution >= 4 is 29.1 Å². The molecule has 0 aliphatic carbocycles. The van der Waals surface area contributed by atoms with Crippen LogP contribution >= 0.6 is 11.6 Å². The quantitative estimate of drug-likeness (QED) is 0.584. The summed E-state index contributed by atoms with van der Waals surface area (Å²) in [7, 11) is 0. The third kappa shape index (κ3) is 4.85. The summed E-state index contributed by atoms with van der Waals surface area (Å²) < 4.78 is 2.22. The molecule has 176 valence electrons. The van der Waals surface area contributed by atoms with E-state index in [9.17, 15) is 9.59 Å². The lowest BCUT2D eigenvalue weighted by Crippen LogP contribution is -2.43. The fourth-order valence-electron chi connectivity index (χ4n) is 4.80. The third-order valence-corrected chi connectivity index (χ3v) is 6.94. The highest BCUT2D eigenvalue weighted by molar-refractivity contribution is 6.30. The van der Waals surface area contributed by atoms with Crippen molar-refractivity contribution in [2.75, 3.05) is 18.4 Å². The zero-order valence-corrected chi connectivity index (χ0v) is 19.8. The molecule has 0 spiro atoms. The van der Waals surface area contributed by atoms with Crippen LogP contribution in [-0.2, 0) is 17.8 Å². The normalized spacial score (nSPS) is 18.1. The van der Waals surface area contributed by atoms with Crippen molar-refractivity contribution in [3.8, 4) is 11.4 Å². The van der Waals surface area contributed by atoms with Crippen molar-refractivity contribution < 1.29 is 9.59 Å². The molecule has 0 unspecified atom stereocenters.